The molecule has 2 aromatic heterocycles. The number of rotatable bonds is 4. The Labute approximate surface area is 130 Å². The van der Waals surface area contributed by atoms with Gasteiger partial charge in [-0.2, -0.15) is 0 Å². The standard InChI is InChI=1S/C14H12N2O4S2/c1-8-7-11(21-13(8)14(17)18)22(19,20)16-10-4-2-3-9-5-6-15-12(9)10/h2-7,15-16H,1H3,(H,17,18). The number of aromatic amines is 1. The number of nitrogens with one attached hydrogen (secondary N) is 2. The van der Waals surface area contributed by atoms with E-state index in [4.69, 9.17) is 5.11 Å². The van der Waals surface area contributed by atoms with Gasteiger partial charge in [-0.15, -0.1) is 11.3 Å². The molecule has 0 spiro atoms. The molecule has 6 nitrogen and oxygen atoms in total. The molecule has 0 radical (unpaired) electrons. The van der Waals surface area contributed by atoms with Gasteiger partial charge in [0.1, 0.15) is 9.09 Å². The first-order valence-corrected chi connectivity index (χ1v) is 8.61. The largest absolute Gasteiger partial charge is 0.477 e. The fraction of sp³-hybridized carbons (Fsp3) is 0.0714. The highest BCUT2D eigenvalue weighted by Crippen LogP contribution is 2.29. The van der Waals surface area contributed by atoms with Gasteiger partial charge in [-0.1, -0.05) is 12.1 Å². The van der Waals surface area contributed by atoms with Gasteiger partial charge in [0.25, 0.3) is 10.0 Å². The van der Waals surface area contributed by atoms with Crippen molar-refractivity contribution in [3.63, 3.8) is 0 Å². The summed E-state index contributed by atoms with van der Waals surface area (Å²) in [6.07, 6.45) is 1.72. The van der Waals surface area contributed by atoms with Crippen molar-refractivity contribution < 1.29 is 18.3 Å². The Balaban J connectivity index is 2.02. The van der Waals surface area contributed by atoms with Gasteiger partial charge in [-0.3, -0.25) is 4.72 Å². The number of H-pyrrole nitrogens is 1. The van der Waals surface area contributed by atoms with E-state index in [1.54, 1.807) is 25.3 Å². The molecule has 2 heterocycles. The Bertz CT molecular complexity index is 970. The van der Waals surface area contributed by atoms with E-state index in [0.717, 1.165) is 16.7 Å². The van der Waals surface area contributed by atoms with Crippen LogP contribution in [-0.4, -0.2) is 24.5 Å². The number of para-hydroxylation sites is 1. The highest BCUT2D eigenvalue weighted by atomic mass is 32.2. The van der Waals surface area contributed by atoms with Crippen LogP contribution in [-0.2, 0) is 10.0 Å². The number of thiophene rings is 1. The van der Waals surface area contributed by atoms with Crippen LogP contribution in [0.2, 0.25) is 0 Å². The van der Waals surface area contributed by atoms with E-state index in [2.05, 4.69) is 9.71 Å². The van der Waals surface area contributed by atoms with Gasteiger partial charge >= 0.3 is 5.97 Å². The summed E-state index contributed by atoms with van der Waals surface area (Å²) >= 11 is 0.741. The average molecular weight is 336 g/mol. The number of fused-ring (bicyclic) bond motifs is 1. The topological polar surface area (TPSA) is 99.3 Å². The summed E-state index contributed by atoms with van der Waals surface area (Å²) in [5.41, 5.74) is 1.53. The molecule has 0 atom stereocenters. The molecule has 0 fully saturated rings. The van der Waals surface area contributed by atoms with E-state index in [1.165, 1.54) is 6.07 Å². The van der Waals surface area contributed by atoms with E-state index >= 15 is 0 Å². The minimum absolute atomic E-state index is 0.0223. The summed E-state index contributed by atoms with van der Waals surface area (Å²) < 4.78 is 27.4. The molecule has 114 valence electrons. The first kappa shape index (κ1) is 14.6. The molecule has 0 saturated carbocycles. The summed E-state index contributed by atoms with van der Waals surface area (Å²) in [5, 5.41) is 9.92. The second-order valence-electron chi connectivity index (χ2n) is 4.74. The maximum Gasteiger partial charge on any atom is 0.346 e. The van der Waals surface area contributed by atoms with Crippen molar-refractivity contribution in [2.45, 2.75) is 11.1 Å². The number of benzene rings is 1. The van der Waals surface area contributed by atoms with E-state index in [-0.39, 0.29) is 9.09 Å². The first-order chi connectivity index (χ1) is 10.4. The number of aromatic nitrogens is 1. The van der Waals surface area contributed by atoms with Crippen molar-refractivity contribution in [2.24, 2.45) is 0 Å². The Kier molecular flexibility index (Phi) is 3.42. The molecule has 0 unspecified atom stereocenters. The maximum absolute atomic E-state index is 12.4. The van der Waals surface area contributed by atoms with Crippen molar-refractivity contribution in [3.05, 3.63) is 47.0 Å². The third-order valence-corrected chi connectivity index (χ3v) is 6.25. The number of aryl methyl sites for hydroxylation is 1. The lowest BCUT2D eigenvalue weighted by molar-refractivity contribution is 0.0701. The van der Waals surface area contributed by atoms with Crippen LogP contribution >= 0.6 is 11.3 Å². The van der Waals surface area contributed by atoms with E-state index in [9.17, 15) is 13.2 Å². The van der Waals surface area contributed by atoms with Crippen LogP contribution in [0.4, 0.5) is 5.69 Å². The Morgan fingerprint density at radius 1 is 1.32 bits per heavy atom. The van der Waals surface area contributed by atoms with Crippen LogP contribution in [0.5, 0.6) is 0 Å². The summed E-state index contributed by atoms with van der Waals surface area (Å²) in [7, 11) is -3.83. The molecule has 0 aliphatic heterocycles. The zero-order chi connectivity index (χ0) is 15.9. The number of hydrogen-bond donors (Lipinski definition) is 3. The highest BCUT2D eigenvalue weighted by molar-refractivity contribution is 7.94. The highest BCUT2D eigenvalue weighted by Gasteiger charge is 2.22. The van der Waals surface area contributed by atoms with Crippen LogP contribution in [0.25, 0.3) is 10.9 Å². The predicted molar refractivity (Wildman–Crippen MR) is 85.1 cm³/mol. The smallest absolute Gasteiger partial charge is 0.346 e. The van der Waals surface area contributed by atoms with Crippen molar-refractivity contribution in [3.8, 4) is 0 Å². The number of anilines is 1. The third kappa shape index (κ3) is 2.46. The fourth-order valence-corrected chi connectivity index (χ4v) is 4.61. The molecule has 0 aliphatic rings. The van der Waals surface area contributed by atoms with Crippen LogP contribution in [0.1, 0.15) is 15.2 Å². The molecule has 0 bridgehead atoms. The number of sulfonamides is 1. The van der Waals surface area contributed by atoms with Gasteiger partial charge in [-0.25, -0.2) is 13.2 Å². The van der Waals surface area contributed by atoms with Crippen molar-refractivity contribution in [2.75, 3.05) is 4.72 Å². The van der Waals surface area contributed by atoms with Crippen molar-refractivity contribution >= 4 is 43.9 Å². The zero-order valence-electron chi connectivity index (χ0n) is 11.5. The quantitative estimate of drug-likeness (QED) is 0.682. The molecular formula is C14H12N2O4S2. The van der Waals surface area contributed by atoms with Gasteiger partial charge in [0.05, 0.1) is 11.2 Å². The number of hydrogen-bond acceptors (Lipinski definition) is 4. The minimum Gasteiger partial charge on any atom is -0.477 e. The summed E-state index contributed by atoms with van der Waals surface area (Å²) in [5.74, 6) is -1.13. The van der Waals surface area contributed by atoms with Gasteiger partial charge in [0.15, 0.2) is 0 Å². The third-order valence-electron chi connectivity index (χ3n) is 3.19. The second-order valence-corrected chi connectivity index (χ2v) is 7.70. The van der Waals surface area contributed by atoms with E-state index in [1.807, 2.05) is 12.1 Å². The predicted octanol–water partition coefficient (Wildman–Crippen LogP) is 3.04. The zero-order valence-corrected chi connectivity index (χ0v) is 13.1. The molecule has 3 N–H and O–H groups in total. The SMILES string of the molecule is Cc1cc(S(=O)(=O)Nc2cccc3cc[nH]c23)sc1C(=O)O. The lowest BCUT2D eigenvalue weighted by Crippen LogP contribution is -2.11. The Hall–Kier alpha value is -2.32. The molecule has 8 heteroatoms. The number of carboxylic acid groups (broad SMARTS) is 1. The summed E-state index contributed by atoms with van der Waals surface area (Å²) in [4.78, 5) is 14.1. The van der Waals surface area contributed by atoms with Crippen LogP contribution in [0.3, 0.4) is 0 Å². The second kappa shape index (κ2) is 5.15. The number of carbonyl (C=O) groups is 1. The van der Waals surface area contributed by atoms with Gasteiger partial charge < -0.3 is 10.1 Å². The van der Waals surface area contributed by atoms with Crippen molar-refractivity contribution in [1.29, 1.82) is 0 Å². The van der Waals surface area contributed by atoms with Crippen LogP contribution in [0.15, 0.2) is 40.7 Å². The van der Waals surface area contributed by atoms with Crippen LogP contribution < -0.4 is 4.72 Å². The molecule has 22 heavy (non-hydrogen) atoms. The average Bonchev–Trinajstić information content (AvgIpc) is 3.05. The lowest BCUT2D eigenvalue weighted by Gasteiger charge is -2.07. The van der Waals surface area contributed by atoms with Gasteiger partial charge in [-0.05, 0) is 30.7 Å². The molecule has 0 saturated heterocycles. The minimum atomic E-state index is -3.83. The van der Waals surface area contributed by atoms with Gasteiger partial charge in [0.2, 0.25) is 0 Å². The van der Waals surface area contributed by atoms with Gasteiger partial charge in [0, 0.05) is 11.6 Å². The monoisotopic (exact) mass is 336 g/mol. The maximum atomic E-state index is 12.4. The van der Waals surface area contributed by atoms with E-state index < -0.39 is 16.0 Å². The van der Waals surface area contributed by atoms with Crippen molar-refractivity contribution in [1.82, 2.24) is 4.98 Å². The fourth-order valence-electron chi connectivity index (χ4n) is 2.16. The normalized spacial score (nSPS) is 11.7. The molecule has 3 rings (SSSR count). The molecule has 1 aromatic carbocycles. The Morgan fingerprint density at radius 2 is 2.09 bits per heavy atom. The summed E-state index contributed by atoms with van der Waals surface area (Å²) in [6, 6.07) is 8.46. The molecular weight excluding hydrogens is 324 g/mol. The van der Waals surface area contributed by atoms with E-state index in [0.29, 0.717) is 16.8 Å². The molecule has 3 aromatic rings. The van der Waals surface area contributed by atoms with Crippen LogP contribution in [0, 0.1) is 6.92 Å². The Morgan fingerprint density at radius 3 is 2.77 bits per heavy atom. The first-order valence-electron chi connectivity index (χ1n) is 6.31. The number of aromatic carboxylic acids is 1. The molecule has 0 aliphatic carbocycles. The number of carboxylic acids is 1. The summed E-state index contributed by atoms with van der Waals surface area (Å²) in [6.45, 7) is 1.57. The molecule has 0 amide bonds. The lowest BCUT2D eigenvalue weighted by atomic mass is 10.2.